The summed E-state index contributed by atoms with van der Waals surface area (Å²) in [6, 6.07) is 6.30. The third kappa shape index (κ3) is 2.53. The molecule has 0 atom stereocenters. The van der Waals surface area contributed by atoms with E-state index in [1.54, 1.807) is 24.3 Å². The van der Waals surface area contributed by atoms with Gasteiger partial charge in [-0.15, -0.1) is 0 Å². The number of hydrogen-bond acceptors (Lipinski definition) is 3. The molecule has 1 rings (SSSR count). The number of carbonyl (C=O) groups is 1. The van der Waals surface area contributed by atoms with Crippen LogP contribution < -0.4 is 4.74 Å². The molecule has 0 aromatic heterocycles. The molecule has 0 heterocycles. The summed E-state index contributed by atoms with van der Waals surface area (Å²) in [6.07, 6.45) is 0. The molecule has 12 heavy (non-hydrogen) atoms. The number of aliphatic hydroxyl groups excluding tert-OH is 1. The Kier molecular flexibility index (Phi) is 3.08. The lowest BCUT2D eigenvalue weighted by Crippen LogP contribution is -2.11. The molecule has 1 aromatic rings. The molecule has 0 amide bonds. The van der Waals surface area contributed by atoms with Gasteiger partial charge in [0, 0.05) is 5.02 Å². The molecule has 0 aliphatic heterocycles. The van der Waals surface area contributed by atoms with Crippen molar-refractivity contribution in [2.24, 2.45) is 0 Å². The first kappa shape index (κ1) is 9.03. The first-order chi connectivity index (χ1) is 5.72. The lowest BCUT2D eigenvalue weighted by Gasteiger charge is -2.00. The quantitative estimate of drug-likeness (QED) is 0.558. The standard InChI is InChI=1S/C8H7ClO3/c9-6-1-3-7(4-2-6)12-8(11)5-10/h1-4,10H,5H2. The lowest BCUT2D eigenvalue weighted by atomic mass is 10.3. The van der Waals surface area contributed by atoms with E-state index >= 15 is 0 Å². The smallest absolute Gasteiger partial charge is 0.337 e. The Morgan fingerprint density at radius 1 is 1.42 bits per heavy atom. The molecule has 0 saturated carbocycles. The number of esters is 1. The van der Waals surface area contributed by atoms with Crippen LogP contribution in [0.3, 0.4) is 0 Å². The minimum Gasteiger partial charge on any atom is -0.425 e. The van der Waals surface area contributed by atoms with Crippen LogP contribution in [-0.4, -0.2) is 17.7 Å². The highest BCUT2D eigenvalue weighted by Crippen LogP contribution is 2.15. The van der Waals surface area contributed by atoms with Gasteiger partial charge in [0.1, 0.15) is 12.4 Å². The van der Waals surface area contributed by atoms with Crippen LogP contribution in [0.5, 0.6) is 5.75 Å². The molecule has 0 spiro atoms. The van der Waals surface area contributed by atoms with Crippen LogP contribution >= 0.6 is 11.6 Å². The van der Waals surface area contributed by atoms with E-state index in [-0.39, 0.29) is 0 Å². The van der Waals surface area contributed by atoms with E-state index in [9.17, 15) is 4.79 Å². The number of benzene rings is 1. The van der Waals surface area contributed by atoms with Crippen molar-refractivity contribution in [3.8, 4) is 5.75 Å². The number of carbonyl (C=O) groups excluding carboxylic acids is 1. The van der Waals surface area contributed by atoms with Gasteiger partial charge in [0.2, 0.25) is 0 Å². The van der Waals surface area contributed by atoms with Gasteiger partial charge < -0.3 is 9.84 Å². The maximum absolute atomic E-state index is 10.6. The van der Waals surface area contributed by atoms with Gasteiger partial charge >= 0.3 is 5.97 Å². The monoisotopic (exact) mass is 186 g/mol. The predicted molar refractivity (Wildman–Crippen MR) is 44.2 cm³/mol. The summed E-state index contributed by atoms with van der Waals surface area (Å²) < 4.78 is 4.67. The molecule has 3 nitrogen and oxygen atoms in total. The van der Waals surface area contributed by atoms with Crippen molar-refractivity contribution in [2.45, 2.75) is 0 Å². The van der Waals surface area contributed by atoms with Gasteiger partial charge in [-0.05, 0) is 24.3 Å². The van der Waals surface area contributed by atoms with Crippen LogP contribution in [0, 0.1) is 0 Å². The zero-order chi connectivity index (χ0) is 8.97. The van der Waals surface area contributed by atoms with Crippen molar-refractivity contribution in [3.05, 3.63) is 29.3 Å². The molecule has 0 fully saturated rings. The van der Waals surface area contributed by atoms with Crippen molar-refractivity contribution >= 4 is 17.6 Å². The fourth-order valence-electron chi connectivity index (χ4n) is 0.666. The maximum Gasteiger partial charge on any atom is 0.337 e. The average Bonchev–Trinajstić information content (AvgIpc) is 2.09. The van der Waals surface area contributed by atoms with Crippen LogP contribution in [0.25, 0.3) is 0 Å². The minimum absolute atomic E-state index is 0.374. The van der Waals surface area contributed by atoms with E-state index < -0.39 is 12.6 Å². The Labute approximate surface area is 74.5 Å². The van der Waals surface area contributed by atoms with Gasteiger partial charge in [0.05, 0.1) is 0 Å². The second kappa shape index (κ2) is 4.09. The van der Waals surface area contributed by atoms with E-state index in [2.05, 4.69) is 4.74 Å². The van der Waals surface area contributed by atoms with Gasteiger partial charge in [0.15, 0.2) is 0 Å². The second-order valence-corrected chi connectivity index (χ2v) is 2.52. The molecule has 0 saturated heterocycles. The number of aliphatic hydroxyl groups is 1. The van der Waals surface area contributed by atoms with Crippen molar-refractivity contribution in [2.75, 3.05) is 6.61 Å². The lowest BCUT2D eigenvalue weighted by molar-refractivity contribution is -0.137. The van der Waals surface area contributed by atoms with E-state index in [0.29, 0.717) is 10.8 Å². The van der Waals surface area contributed by atoms with Gasteiger partial charge in [-0.2, -0.15) is 0 Å². The highest BCUT2D eigenvalue weighted by Gasteiger charge is 2.00. The van der Waals surface area contributed by atoms with Crippen molar-refractivity contribution in [1.29, 1.82) is 0 Å². The van der Waals surface area contributed by atoms with E-state index in [4.69, 9.17) is 16.7 Å². The first-order valence-electron chi connectivity index (χ1n) is 3.29. The number of ether oxygens (including phenoxy) is 1. The molecule has 1 N–H and O–H groups in total. The third-order valence-electron chi connectivity index (χ3n) is 1.17. The zero-order valence-electron chi connectivity index (χ0n) is 6.16. The molecular formula is C8H7ClO3. The summed E-state index contributed by atoms with van der Waals surface area (Å²) in [7, 11) is 0. The van der Waals surface area contributed by atoms with Crippen molar-refractivity contribution in [1.82, 2.24) is 0 Å². The van der Waals surface area contributed by atoms with Crippen LogP contribution in [0.15, 0.2) is 24.3 Å². The van der Waals surface area contributed by atoms with Crippen molar-refractivity contribution in [3.63, 3.8) is 0 Å². The molecule has 0 unspecified atom stereocenters. The fraction of sp³-hybridized carbons (Fsp3) is 0.125. The van der Waals surface area contributed by atoms with Crippen LogP contribution in [0.4, 0.5) is 0 Å². The highest BCUT2D eigenvalue weighted by atomic mass is 35.5. The number of rotatable bonds is 2. The molecule has 64 valence electrons. The normalized spacial score (nSPS) is 9.50. The summed E-state index contributed by atoms with van der Waals surface area (Å²) in [5.41, 5.74) is 0. The van der Waals surface area contributed by atoms with Crippen molar-refractivity contribution < 1.29 is 14.6 Å². The third-order valence-corrected chi connectivity index (χ3v) is 1.43. The van der Waals surface area contributed by atoms with Gasteiger partial charge in [-0.25, -0.2) is 4.79 Å². The van der Waals surface area contributed by atoms with Gasteiger partial charge in [0.25, 0.3) is 0 Å². The molecule has 0 bridgehead atoms. The highest BCUT2D eigenvalue weighted by molar-refractivity contribution is 6.30. The van der Waals surface area contributed by atoms with Crippen LogP contribution in [0.1, 0.15) is 0 Å². The summed E-state index contributed by atoms with van der Waals surface area (Å²) in [5, 5.41) is 8.92. The molecule has 0 aliphatic carbocycles. The Morgan fingerprint density at radius 2 is 2.00 bits per heavy atom. The predicted octanol–water partition coefficient (Wildman–Crippen LogP) is 1.24. The van der Waals surface area contributed by atoms with Crippen LogP contribution in [0.2, 0.25) is 5.02 Å². The number of hydrogen-bond donors (Lipinski definition) is 1. The molecule has 4 heteroatoms. The van der Waals surface area contributed by atoms with Gasteiger partial charge in [-0.3, -0.25) is 0 Å². The van der Waals surface area contributed by atoms with E-state index in [1.807, 2.05) is 0 Å². The Bertz CT molecular complexity index is 268. The maximum atomic E-state index is 10.6. The molecular weight excluding hydrogens is 180 g/mol. The van der Waals surface area contributed by atoms with E-state index in [0.717, 1.165) is 0 Å². The first-order valence-corrected chi connectivity index (χ1v) is 3.67. The van der Waals surface area contributed by atoms with Gasteiger partial charge in [-0.1, -0.05) is 11.6 Å². The SMILES string of the molecule is O=C(CO)Oc1ccc(Cl)cc1. The Balaban J connectivity index is 2.64. The fourth-order valence-corrected chi connectivity index (χ4v) is 0.792. The van der Waals surface area contributed by atoms with E-state index in [1.165, 1.54) is 0 Å². The average molecular weight is 187 g/mol. The Hall–Kier alpha value is -1.06. The molecule has 1 aromatic carbocycles. The topological polar surface area (TPSA) is 46.5 Å². The number of halogens is 1. The zero-order valence-corrected chi connectivity index (χ0v) is 6.91. The minimum atomic E-state index is -0.683. The molecule has 0 radical (unpaired) electrons. The van der Waals surface area contributed by atoms with Crippen LogP contribution in [-0.2, 0) is 4.79 Å². The summed E-state index contributed by atoms with van der Waals surface area (Å²) >= 11 is 5.59. The summed E-state index contributed by atoms with van der Waals surface area (Å²) in [4.78, 5) is 10.6. The second-order valence-electron chi connectivity index (χ2n) is 2.09. The molecule has 0 aliphatic rings. The largest absolute Gasteiger partial charge is 0.425 e. The Morgan fingerprint density at radius 3 is 2.50 bits per heavy atom. The summed E-state index contributed by atoms with van der Waals surface area (Å²) in [5.74, 6) is -0.309. The summed E-state index contributed by atoms with van der Waals surface area (Å²) in [6.45, 7) is -0.622.